The van der Waals surface area contributed by atoms with Crippen molar-refractivity contribution in [2.24, 2.45) is 10.7 Å². The smallest absolute Gasteiger partial charge is 0.385 e. The number of carbonyl (C=O) groups is 1. The highest BCUT2D eigenvalue weighted by atomic mass is 79.9. The predicted octanol–water partition coefficient (Wildman–Crippen LogP) is 4.16. The molecule has 0 spiro atoms. The van der Waals surface area contributed by atoms with Crippen molar-refractivity contribution < 1.29 is 27.1 Å². The lowest BCUT2D eigenvalue weighted by atomic mass is 9.89. The lowest BCUT2D eigenvalue weighted by molar-refractivity contribution is -0.249. The third-order valence-corrected chi connectivity index (χ3v) is 5.27. The molecule has 1 aromatic carbocycles. The largest absolute Gasteiger partial charge is 0.424 e. The number of nitrogens with one attached hydrogen (secondary N) is 1. The molecule has 2 aromatic rings. The van der Waals surface area contributed by atoms with Gasteiger partial charge in [-0.1, -0.05) is 0 Å². The van der Waals surface area contributed by atoms with E-state index in [1.165, 1.54) is 31.3 Å². The molecule has 3 rings (SSSR count). The zero-order chi connectivity index (χ0) is 22.3. The number of anilines is 1. The van der Waals surface area contributed by atoms with Crippen molar-refractivity contribution in [2.75, 3.05) is 11.9 Å². The van der Waals surface area contributed by atoms with Gasteiger partial charge in [-0.05, 0) is 60.1 Å². The SMILES string of the molecule is CC1(c2cc(NC(=O)c3ccc(Br)cn3)ccc2F)COC(C)(C(F)(F)F)C(N)=N1. The van der Waals surface area contributed by atoms with Crippen LogP contribution in [0.15, 0.2) is 46.0 Å². The molecule has 30 heavy (non-hydrogen) atoms. The molecule has 160 valence electrons. The van der Waals surface area contributed by atoms with Crippen molar-refractivity contribution in [3.05, 3.63) is 58.1 Å². The van der Waals surface area contributed by atoms with E-state index in [2.05, 4.69) is 31.2 Å². The van der Waals surface area contributed by atoms with E-state index < -0.39 is 41.5 Å². The molecule has 3 N–H and O–H groups in total. The third kappa shape index (κ3) is 4.04. The van der Waals surface area contributed by atoms with Crippen molar-refractivity contribution in [3.8, 4) is 0 Å². The second kappa shape index (κ2) is 7.62. The summed E-state index contributed by atoms with van der Waals surface area (Å²) in [5, 5.41) is 2.57. The Morgan fingerprint density at radius 1 is 1.27 bits per heavy atom. The summed E-state index contributed by atoms with van der Waals surface area (Å²) in [7, 11) is 0. The van der Waals surface area contributed by atoms with Gasteiger partial charge >= 0.3 is 6.18 Å². The van der Waals surface area contributed by atoms with Crippen LogP contribution in [-0.2, 0) is 10.3 Å². The molecule has 1 amide bonds. The minimum absolute atomic E-state index is 0.0729. The Labute approximate surface area is 177 Å². The molecule has 2 atom stereocenters. The minimum atomic E-state index is -4.78. The van der Waals surface area contributed by atoms with Gasteiger partial charge in [0, 0.05) is 21.9 Å². The van der Waals surface area contributed by atoms with Crippen LogP contribution in [0.4, 0.5) is 23.2 Å². The molecule has 11 heteroatoms. The van der Waals surface area contributed by atoms with Crippen molar-refractivity contribution in [1.29, 1.82) is 0 Å². The highest BCUT2D eigenvalue weighted by Crippen LogP contribution is 2.41. The van der Waals surface area contributed by atoms with Gasteiger partial charge in [-0.2, -0.15) is 13.2 Å². The number of halogens is 5. The first-order valence-electron chi connectivity index (χ1n) is 8.65. The zero-order valence-corrected chi connectivity index (χ0v) is 17.4. The number of alkyl halides is 3. The summed E-state index contributed by atoms with van der Waals surface area (Å²) in [4.78, 5) is 20.2. The molecule has 1 aromatic heterocycles. The zero-order valence-electron chi connectivity index (χ0n) is 15.8. The lowest BCUT2D eigenvalue weighted by Crippen LogP contribution is -2.60. The number of pyridine rings is 1. The summed E-state index contributed by atoms with van der Waals surface area (Å²) in [6, 6.07) is 6.79. The Morgan fingerprint density at radius 2 is 1.97 bits per heavy atom. The number of hydrogen-bond acceptors (Lipinski definition) is 5. The lowest BCUT2D eigenvalue weighted by Gasteiger charge is -2.41. The summed E-state index contributed by atoms with van der Waals surface area (Å²) >= 11 is 3.21. The highest BCUT2D eigenvalue weighted by molar-refractivity contribution is 9.10. The van der Waals surface area contributed by atoms with Crippen LogP contribution >= 0.6 is 15.9 Å². The standard InChI is InChI=1S/C19H17BrF4N4O2/c1-17(9-30-18(2,16(25)28-17)19(22,23)24)12-7-11(4-5-13(12)21)27-15(29)14-6-3-10(20)8-26-14/h3-8H,9H2,1-2H3,(H2,25,28)(H,27,29). The average molecular weight is 489 g/mol. The summed E-state index contributed by atoms with van der Waals surface area (Å²) in [5.41, 5.74) is 1.55. The molecule has 1 aliphatic rings. The topological polar surface area (TPSA) is 89.6 Å². The fourth-order valence-corrected chi connectivity index (χ4v) is 3.08. The molecule has 0 radical (unpaired) electrons. The van der Waals surface area contributed by atoms with Crippen LogP contribution in [-0.4, -0.2) is 35.1 Å². The van der Waals surface area contributed by atoms with E-state index in [0.29, 0.717) is 4.47 Å². The number of carbonyl (C=O) groups excluding carboxylic acids is 1. The van der Waals surface area contributed by atoms with Crippen LogP contribution in [0, 0.1) is 5.82 Å². The quantitative estimate of drug-likeness (QED) is 0.634. The van der Waals surface area contributed by atoms with Gasteiger partial charge in [-0.3, -0.25) is 9.79 Å². The Balaban J connectivity index is 1.92. The second-order valence-electron chi connectivity index (χ2n) is 7.10. The molecule has 2 unspecified atom stereocenters. The van der Waals surface area contributed by atoms with Gasteiger partial charge in [-0.15, -0.1) is 0 Å². The van der Waals surface area contributed by atoms with Gasteiger partial charge in [-0.25, -0.2) is 9.37 Å². The summed E-state index contributed by atoms with van der Waals surface area (Å²) in [6.45, 7) is 1.60. The van der Waals surface area contributed by atoms with Crippen LogP contribution in [0.2, 0.25) is 0 Å². The van der Waals surface area contributed by atoms with Crippen LogP contribution in [0.3, 0.4) is 0 Å². The number of aromatic nitrogens is 1. The van der Waals surface area contributed by atoms with Gasteiger partial charge in [0.25, 0.3) is 5.91 Å². The molecule has 0 fully saturated rings. The number of nitrogens with two attached hydrogens (primary N) is 1. The summed E-state index contributed by atoms with van der Waals surface area (Å²) in [6.07, 6.45) is -3.34. The number of hydrogen-bond donors (Lipinski definition) is 2. The number of amidine groups is 1. The van der Waals surface area contributed by atoms with Crippen LogP contribution in [0.5, 0.6) is 0 Å². The van der Waals surface area contributed by atoms with E-state index in [9.17, 15) is 22.4 Å². The van der Waals surface area contributed by atoms with Gasteiger partial charge in [0.2, 0.25) is 5.60 Å². The average Bonchev–Trinajstić information content (AvgIpc) is 2.66. The first-order valence-corrected chi connectivity index (χ1v) is 9.44. The predicted molar refractivity (Wildman–Crippen MR) is 106 cm³/mol. The van der Waals surface area contributed by atoms with Gasteiger partial charge in [0.05, 0.1) is 6.61 Å². The molecule has 0 saturated heterocycles. The first-order chi connectivity index (χ1) is 13.9. The Morgan fingerprint density at radius 3 is 2.53 bits per heavy atom. The highest BCUT2D eigenvalue weighted by Gasteiger charge is 2.59. The molecule has 2 heterocycles. The number of rotatable bonds is 3. The maximum Gasteiger partial charge on any atom is 0.424 e. The molecule has 0 bridgehead atoms. The summed E-state index contributed by atoms with van der Waals surface area (Å²) < 4.78 is 60.1. The number of aliphatic imine (C=N–C) groups is 1. The number of ether oxygens (including phenoxy) is 1. The van der Waals surface area contributed by atoms with E-state index in [-0.39, 0.29) is 16.9 Å². The molecule has 1 aliphatic heterocycles. The van der Waals surface area contributed by atoms with Gasteiger partial charge < -0.3 is 15.8 Å². The Hall–Kier alpha value is -2.53. The Kier molecular flexibility index (Phi) is 5.63. The van der Waals surface area contributed by atoms with E-state index in [1.807, 2.05) is 0 Å². The van der Waals surface area contributed by atoms with Crippen molar-refractivity contribution in [1.82, 2.24) is 4.98 Å². The third-order valence-electron chi connectivity index (χ3n) is 4.80. The monoisotopic (exact) mass is 488 g/mol. The number of benzene rings is 1. The van der Waals surface area contributed by atoms with Crippen molar-refractivity contribution >= 4 is 33.4 Å². The van der Waals surface area contributed by atoms with Crippen LogP contribution in [0.25, 0.3) is 0 Å². The van der Waals surface area contributed by atoms with Crippen molar-refractivity contribution in [2.45, 2.75) is 31.2 Å². The van der Waals surface area contributed by atoms with Crippen LogP contribution < -0.4 is 11.1 Å². The minimum Gasteiger partial charge on any atom is -0.385 e. The maximum absolute atomic E-state index is 14.5. The number of nitrogens with zero attached hydrogens (tertiary/aromatic N) is 2. The fraction of sp³-hybridized carbons (Fsp3) is 0.316. The van der Waals surface area contributed by atoms with Crippen LogP contribution in [0.1, 0.15) is 29.9 Å². The molecule has 0 saturated carbocycles. The molecular weight excluding hydrogens is 472 g/mol. The Bertz CT molecular complexity index is 1010. The van der Waals surface area contributed by atoms with Crippen molar-refractivity contribution in [3.63, 3.8) is 0 Å². The molecule has 6 nitrogen and oxygen atoms in total. The normalized spacial score (nSPS) is 24.3. The summed E-state index contributed by atoms with van der Waals surface area (Å²) in [5.74, 6) is -2.08. The first kappa shape index (κ1) is 22.2. The van der Waals surface area contributed by atoms with Gasteiger partial charge in [0.15, 0.2) is 0 Å². The van der Waals surface area contributed by atoms with E-state index >= 15 is 0 Å². The molecular formula is C19H17BrF4N4O2. The van der Waals surface area contributed by atoms with Gasteiger partial charge in [0.1, 0.15) is 22.9 Å². The van der Waals surface area contributed by atoms with E-state index in [0.717, 1.165) is 13.0 Å². The second-order valence-corrected chi connectivity index (χ2v) is 8.02. The van der Waals surface area contributed by atoms with E-state index in [1.54, 1.807) is 6.07 Å². The molecule has 0 aliphatic carbocycles. The number of amides is 1. The fourth-order valence-electron chi connectivity index (χ4n) is 2.85. The van der Waals surface area contributed by atoms with E-state index in [4.69, 9.17) is 10.5 Å². The maximum atomic E-state index is 14.5.